The lowest BCUT2D eigenvalue weighted by atomic mass is 10.2. The molecule has 0 spiro atoms. The van der Waals surface area contributed by atoms with Crippen LogP contribution >= 0.6 is 0 Å². The summed E-state index contributed by atoms with van der Waals surface area (Å²) < 4.78 is 38.0. The zero-order chi connectivity index (χ0) is 25.0. The second-order valence-corrected chi connectivity index (χ2v) is 9.78. The van der Waals surface area contributed by atoms with Gasteiger partial charge < -0.3 is 14.0 Å². The van der Waals surface area contributed by atoms with Crippen LogP contribution in [-0.2, 0) is 28.3 Å². The fourth-order valence-corrected chi connectivity index (χ4v) is 4.17. The number of methoxy groups -OCH3 is 2. The minimum absolute atomic E-state index is 0.0573. The first-order valence-corrected chi connectivity index (χ1v) is 11.7. The number of hydrogen-bond donors (Lipinski definition) is 2. The van der Waals surface area contributed by atoms with Gasteiger partial charge in [-0.25, -0.2) is 17.7 Å². The Morgan fingerprint density at radius 2 is 1.68 bits per heavy atom. The van der Waals surface area contributed by atoms with Crippen molar-refractivity contribution >= 4 is 32.9 Å². The number of benzene rings is 2. The van der Waals surface area contributed by atoms with Gasteiger partial charge in [-0.1, -0.05) is 0 Å². The summed E-state index contributed by atoms with van der Waals surface area (Å²) in [6.07, 6.45) is 0.345. The Bertz CT molecular complexity index is 1310. The molecule has 12 heteroatoms. The van der Waals surface area contributed by atoms with Crippen LogP contribution in [-0.4, -0.2) is 62.4 Å². The van der Waals surface area contributed by atoms with Gasteiger partial charge in [0.2, 0.25) is 15.9 Å². The first-order valence-electron chi connectivity index (χ1n) is 10.3. The maximum atomic E-state index is 12.4. The monoisotopic (exact) mass is 489 g/mol. The van der Waals surface area contributed by atoms with Gasteiger partial charge >= 0.3 is 0 Å². The van der Waals surface area contributed by atoms with Crippen LogP contribution in [0.25, 0.3) is 11.0 Å². The van der Waals surface area contributed by atoms with Crippen molar-refractivity contribution in [2.75, 3.05) is 28.3 Å². The number of imidazole rings is 1. The highest BCUT2D eigenvalue weighted by atomic mass is 32.2. The molecule has 1 heterocycles. The molecule has 0 saturated heterocycles. The number of nitrogens with one attached hydrogen (secondary N) is 2. The smallest absolute Gasteiger partial charge is 0.269 e. The maximum absolute atomic E-state index is 12.4. The summed E-state index contributed by atoms with van der Waals surface area (Å²) >= 11 is 0. The number of aryl methyl sites for hydroxylation is 2. The molecule has 3 aromatic rings. The van der Waals surface area contributed by atoms with E-state index in [1.807, 2.05) is 0 Å². The van der Waals surface area contributed by atoms with E-state index in [9.17, 15) is 18.0 Å². The van der Waals surface area contributed by atoms with Gasteiger partial charge in [0.1, 0.15) is 17.3 Å². The van der Waals surface area contributed by atoms with Gasteiger partial charge in [-0.3, -0.25) is 20.4 Å². The molecule has 0 bridgehead atoms. The van der Waals surface area contributed by atoms with E-state index in [0.29, 0.717) is 22.8 Å². The number of rotatable bonds is 8. The Morgan fingerprint density at radius 3 is 2.26 bits per heavy atom. The molecular weight excluding hydrogens is 462 g/mol. The van der Waals surface area contributed by atoms with E-state index in [1.54, 1.807) is 23.7 Å². The van der Waals surface area contributed by atoms with E-state index >= 15 is 0 Å². The van der Waals surface area contributed by atoms with Crippen molar-refractivity contribution in [1.29, 1.82) is 0 Å². The Balaban J connectivity index is 1.64. The van der Waals surface area contributed by atoms with Crippen LogP contribution in [0.5, 0.6) is 11.5 Å². The van der Waals surface area contributed by atoms with Gasteiger partial charge in [0, 0.05) is 45.6 Å². The van der Waals surface area contributed by atoms with Gasteiger partial charge in [0.05, 0.1) is 30.1 Å². The van der Waals surface area contributed by atoms with Gasteiger partial charge in [-0.05, 0) is 30.3 Å². The minimum atomic E-state index is -3.58. The molecule has 0 atom stereocenters. The van der Waals surface area contributed by atoms with E-state index in [1.165, 1.54) is 52.6 Å². The Morgan fingerprint density at radius 1 is 1.03 bits per heavy atom. The second kappa shape index (κ2) is 10.1. The molecule has 0 unspecified atom stereocenters. The number of sulfonamides is 1. The molecule has 2 N–H and O–H groups in total. The molecule has 11 nitrogen and oxygen atoms in total. The average molecular weight is 490 g/mol. The van der Waals surface area contributed by atoms with Crippen molar-refractivity contribution in [2.45, 2.75) is 17.7 Å². The quantitative estimate of drug-likeness (QED) is 0.455. The van der Waals surface area contributed by atoms with Crippen molar-refractivity contribution in [3.8, 4) is 11.5 Å². The maximum Gasteiger partial charge on any atom is 0.269 e. The predicted octanol–water partition coefficient (Wildman–Crippen LogP) is 1.23. The van der Waals surface area contributed by atoms with Crippen LogP contribution in [0.2, 0.25) is 0 Å². The van der Waals surface area contributed by atoms with Crippen LogP contribution in [0.4, 0.5) is 0 Å². The fraction of sp³-hybridized carbons (Fsp3) is 0.318. The predicted molar refractivity (Wildman–Crippen MR) is 125 cm³/mol. The van der Waals surface area contributed by atoms with Crippen LogP contribution in [0, 0.1) is 0 Å². The zero-order valence-corrected chi connectivity index (χ0v) is 20.4. The van der Waals surface area contributed by atoms with E-state index in [4.69, 9.17) is 9.47 Å². The second-order valence-electron chi connectivity index (χ2n) is 7.63. The molecule has 1 aromatic heterocycles. The highest BCUT2D eigenvalue weighted by molar-refractivity contribution is 7.89. The number of amides is 2. The topological polar surface area (TPSA) is 132 Å². The summed E-state index contributed by atoms with van der Waals surface area (Å²) in [6.45, 7) is 0. The number of ether oxygens (including phenoxy) is 2. The molecule has 182 valence electrons. The van der Waals surface area contributed by atoms with Crippen LogP contribution < -0.4 is 20.3 Å². The average Bonchev–Trinajstić information content (AvgIpc) is 3.15. The van der Waals surface area contributed by atoms with Crippen LogP contribution in [0.3, 0.4) is 0 Å². The summed E-state index contributed by atoms with van der Waals surface area (Å²) in [5.74, 6) is 0.556. The zero-order valence-electron chi connectivity index (χ0n) is 19.6. The molecule has 0 radical (unpaired) electrons. The number of hydrogen-bond acceptors (Lipinski definition) is 7. The Labute approximate surface area is 197 Å². The van der Waals surface area contributed by atoms with Crippen molar-refractivity contribution in [3.05, 3.63) is 47.8 Å². The molecule has 0 aliphatic heterocycles. The SMILES string of the molecule is COc1cc(OC)cc(C(=O)NNC(=O)CCc2nc3cc(S(=O)(=O)N(C)C)ccc3n2C)c1. The lowest BCUT2D eigenvalue weighted by molar-refractivity contribution is -0.121. The number of carbonyl (C=O) groups excluding carboxylic acids is 2. The standard InChI is InChI=1S/C22H27N5O6S/c1-26(2)34(30,31)17-6-7-19-18(13-17)23-20(27(19)3)8-9-21(28)24-25-22(29)14-10-15(32-4)12-16(11-14)33-5/h6-7,10-13H,8-9H2,1-5H3,(H,24,28)(H,25,29). The van der Waals surface area contributed by atoms with E-state index in [2.05, 4.69) is 15.8 Å². The lowest BCUT2D eigenvalue weighted by Crippen LogP contribution is -2.41. The molecule has 0 aliphatic carbocycles. The van der Waals surface area contributed by atoms with E-state index < -0.39 is 21.8 Å². The molecule has 3 rings (SSSR count). The summed E-state index contributed by atoms with van der Waals surface area (Å²) in [5, 5.41) is 0. The molecule has 34 heavy (non-hydrogen) atoms. The summed E-state index contributed by atoms with van der Waals surface area (Å²) in [6, 6.07) is 9.40. The largest absolute Gasteiger partial charge is 0.497 e. The number of fused-ring (bicyclic) bond motifs is 1. The summed E-state index contributed by atoms with van der Waals surface area (Å²) in [7, 11) is 4.09. The van der Waals surface area contributed by atoms with Gasteiger partial charge in [0.15, 0.2) is 0 Å². The molecule has 2 amide bonds. The van der Waals surface area contributed by atoms with Gasteiger partial charge in [-0.15, -0.1) is 0 Å². The van der Waals surface area contributed by atoms with Crippen molar-refractivity contribution in [3.63, 3.8) is 0 Å². The summed E-state index contributed by atoms with van der Waals surface area (Å²) in [4.78, 5) is 29.3. The molecule has 0 saturated carbocycles. The number of carbonyl (C=O) groups is 2. The molecule has 0 fully saturated rings. The Kier molecular flexibility index (Phi) is 7.42. The van der Waals surface area contributed by atoms with Crippen LogP contribution in [0.15, 0.2) is 41.3 Å². The third kappa shape index (κ3) is 5.29. The number of hydrazine groups is 1. The normalized spacial score (nSPS) is 11.5. The summed E-state index contributed by atoms with van der Waals surface area (Å²) in [5.41, 5.74) is 6.26. The van der Waals surface area contributed by atoms with E-state index in [0.717, 1.165) is 9.82 Å². The highest BCUT2D eigenvalue weighted by Gasteiger charge is 2.19. The van der Waals surface area contributed by atoms with Crippen molar-refractivity contribution in [1.82, 2.24) is 24.7 Å². The number of aromatic nitrogens is 2. The minimum Gasteiger partial charge on any atom is -0.497 e. The molecule has 2 aromatic carbocycles. The first kappa shape index (κ1) is 25.0. The third-order valence-corrected chi connectivity index (χ3v) is 7.04. The Hall–Kier alpha value is -3.64. The highest BCUT2D eigenvalue weighted by Crippen LogP contribution is 2.23. The third-order valence-electron chi connectivity index (χ3n) is 5.23. The fourth-order valence-electron chi connectivity index (χ4n) is 3.25. The van der Waals surface area contributed by atoms with Gasteiger partial charge in [0.25, 0.3) is 5.91 Å². The van der Waals surface area contributed by atoms with Crippen LogP contribution in [0.1, 0.15) is 22.6 Å². The molecular formula is C22H27N5O6S. The first-order chi connectivity index (χ1) is 16.1. The molecule has 0 aliphatic rings. The van der Waals surface area contributed by atoms with E-state index in [-0.39, 0.29) is 23.3 Å². The number of nitrogens with zero attached hydrogens (tertiary/aromatic N) is 3. The lowest BCUT2D eigenvalue weighted by Gasteiger charge is -2.11. The van der Waals surface area contributed by atoms with Crippen molar-refractivity contribution in [2.24, 2.45) is 7.05 Å². The van der Waals surface area contributed by atoms with Gasteiger partial charge in [-0.2, -0.15) is 0 Å². The van der Waals surface area contributed by atoms with Crippen molar-refractivity contribution < 1.29 is 27.5 Å².